The van der Waals surface area contributed by atoms with Crippen molar-refractivity contribution in [3.63, 3.8) is 0 Å². The SMILES string of the molecule is CC(C)(C)c1cc(Oc2[c-]c3c(cc2)c2ccccc2n3-c2cc(C(C)(C)c3ccccc3)ccn2)[c-]c(N2[CH-]N(c3cc(-c4ccccc4)cc(C(C)(C)c4ccccc4)c3)C=C2c2ccccc2)c1.CC(C)(C)c1cc(Oc2[c-]c3c(cc2)c2ccccc2n3-c2cc(C(C)(C)c3ccccc3)ccn2)[c-]c(N2[CH-]N(c3cccc(C(C)(C)c4ccccc4)c3)C=C2c2ccccc2)c1.[Pt].[Pt]. The molecule has 0 N–H and O–H groups in total. The van der Waals surface area contributed by atoms with Gasteiger partial charge >= 0.3 is 0 Å². The molecular weight excluding hydrogens is 2050 g/mol. The van der Waals surface area contributed by atoms with E-state index in [-0.39, 0.29) is 74.6 Å². The van der Waals surface area contributed by atoms with Crippen molar-refractivity contribution >= 4 is 77.8 Å². The van der Waals surface area contributed by atoms with E-state index in [9.17, 15) is 0 Å². The fourth-order valence-electron chi connectivity index (χ4n) is 18.9. The summed E-state index contributed by atoms with van der Waals surface area (Å²) in [5, 5.41) is 4.41. The predicted octanol–water partition coefficient (Wildman–Crippen LogP) is 31.6. The second kappa shape index (κ2) is 38.4. The molecule has 0 bridgehead atoms. The van der Waals surface area contributed by atoms with Crippen LogP contribution >= 0.6 is 0 Å². The quantitative estimate of drug-likeness (QED) is 0.0660. The Kier molecular flexibility index (Phi) is 26.2. The molecule has 12 heteroatoms. The zero-order valence-electron chi connectivity index (χ0n) is 80.3. The molecule has 692 valence electrons. The molecule has 138 heavy (non-hydrogen) atoms. The van der Waals surface area contributed by atoms with Crippen LogP contribution in [0, 0.1) is 37.6 Å². The number of rotatable bonds is 21. The van der Waals surface area contributed by atoms with Crippen LogP contribution in [0.5, 0.6) is 23.0 Å². The summed E-state index contributed by atoms with van der Waals surface area (Å²) in [6.07, 6.45) is 8.29. The summed E-state index contributed by atoms with van der Waals surface area (Å²) in [5.41, 5.74) is 25.2. The Bertz CT molecular complexity index is 7690. The first-order chi connectivity index (χ1) is 65.6. The molecular formula is C126H110N8O2Pt2-6. The van der Waals surface area contributed by atoms with Crippen molar-refractivity contribution in [3.8, 4) is 45.8 Å². The number of para-hydroxylation sites is 2. The average Bonchev–Trinajstić information content (AvgIpc) is 1.57. The molecule has 0 saturated heterocycles. The number of ether oxygens (including phenoxy) is 2. The molecule has 19 aromatic rings. The topological polar surface area (TPSA) is 67.1 Å². The van der Waals surface area contributed by atoms with E-state index in [0.717, 1.165) is 117 Å². The van der Waals surface area contributed by atoms with Gasteiger partial charge in [0.15, 0.2) is 0 Å². The Morgan fingerprint density at radius 3 is 0.993 bits per heavy atom. The summed E-state index contributed by atoms with van der Waals surface area (Å²) in [4.78, 5) is 18.9. The van der Waals surface area contributed by atoms with Gasteiger partial charge in [0.2, 0.25) is 0 Å². The van der Waals surface area contributed by atoms with Crippen LogP contribution in [0.4, 0.5) is 22.7 Å². The molecule has 0 fully saturated rings. The molecule has 0 unspecified atom stereocenters. The summed E-state index contributed by atoms with van der Waals surface area (Å²) in [5.74, 6) is 4.06. The molecule has 6 heterocycles. The van der Waals surface area contributed by atoms with Gasteiger partial charge in [-0.05, 0) is 161 Å². The van der Waals surface area contributed by atoms with Crippen molar-refractivity contribution in [2.75, 3.05) is 19.6 Å². The molecule has 15 aromatic carbocycles. The van der Waals surface area contributed by atoms with Gasteiger partial charge in [-0.15, -0.1) is 107 Å². The molecule has 0 radical (unpaired) electrons. The van der Waals surface area contributed by atoms with Crippen LogP contribution in [-0.2, 0) is 74.6 Å². The van der Waals surface area contributed by atoms with E-state index >= 15 is 0 Å². The standard InChI is InChI=1S/C66H57N4O.C60H53N4O.2Pt/c1-64(2,3)52-38-55(69-45-68(44-62(69)47-24-14-9-15-25-47)54-37-48(46-22-12-8-13-23-46)36-53(39-54)66(6,7)50-28-18-11-19-29-50)42-57(40-52)71-56-32-33-59-58-30-20-21-31-60(58)70(61(59)43-56)63-41-51(34-35-67-63)65(4,5)49-26-16-10-17-27-49;1-58(2,3)47-35-49(63-41-62(40-56(63)42-20-11-8-12-21-42)48-27-19-26-45(34-48)59(4,5)43-22-13-9-14-23-43)38-51(36-47)65-50-30-31-53-52-28-17-18-29-54(52)64(55(53)39-50)57-37-46(32-33-61-57)60(6,7)44-24-15-10-16-25-44;;/h8-41,44-45H,1-7H3;8-37,40-41H,1-7H3;;/q2*-3;;. The molecule has 2 aliphatic heterocycles. The maximum atomic E-state index is 6.94. The fraction of sp³-hybridized carbons (Fsp3) is 0.159. The molecule has 2 aliphatic rings. The van der Waals surface area contributed by atoms with Crippen LogP contribution in [0.25, 0.3) is 77.8 Å². The van der Waals surface area contributed by atoms with Crippen LogP contribution in [0.2, 0.25) is 0 Å². The second-order valence-corrected chi connectivity index (χ2v) is 39.8. The van der Waals surface area contributed by atoms with Gasteiger partial charge in [-0.25, -0.2) is 9.97 Å². The van der Waals surface area contributed by atoms with E-state index in [1.165, 1.54) is 50.1 Å². The van der Waals surface area contributed by atoms with Gasteiger partial charge in [-0.2, -0.15) is 12.1 Å². The third-order valence-electron chi connectivity index (χ3n) is 27.4. The monoisotopic (exact) mass is 2160 g/mol. The van der Waals surface area contributed by atoms with Gasteiger partial charge < -0.3 is 38.2 Å². The van der Waals surface area contributed by atoms with Gasteiger partial charge in [-0.3, -0.25) is 0 Å². The van der Waals surface area contributed by atoms with E-state index in [2.05, 4.69) is 540 Å². The Balaban J connectivity index is 0.000000181. The largest absolute Gasteiger partial charge is 0.509 e. The third kappa shape index (κ3) is 18.8. The number of anilines is 4. The van der Waals surface area contributed by atoms with Crippen LogP contribution in [0.15, 0.2) is 401 Å². The van der Waals surface area contributed by atoms with Crippen molar-refractivity contribution in [2.24, 2.45) is 0 Å². The maximum absolute atomic E-state index is 6.94. The van der Waals surface area contributed by atoms with Gasteiger partial charge in [0.1, 0.15) is 11.6 Å². The molecule has 0 atom stereocenters. The van der Waals surface area contributed by atoms with Crippen molar-refractivity contribution < 1.29 is 51.6 Å². The van der Waals surface area contributed by atoms with Crippen LogP contribution < -0.4 is 29.1 Å². The number of pyridine rings is 2. The minimum atomic E-state index is -0.262. The molecule has 4 aromatic heterocycles. The Morgan fingerprint density at radius 2 is 0.594 bits per heavy atom. The van der Waals surface area contributed by atoms with Crippen molar-refractivity contribution in [1.82, 2.24) is 19.1 Å². The number of fused-ring (bicyclic) bond motifs is 6. The second-order valence-electron chi connectivity index (χ2n) is 39.8. The Hall–Kier alpha value is -14.1. The van der Waals surface area contributed by atoms with Crippen molar-refractivity contribution in [3.05, 3.63) is 505 Å². The number of aromatic nitrogens is 4. The minimum absolute atomic E-state index is 0. The zero-order valence-corrected chi connectivity index (χ0v) is 84.8. The Labute approximate surface area is 841 Å². The molecule has 10 nitrogen and oxygen atoms in total. The van der Waals surface area contributed by atoms with E-state index in [0.29, 0.717) is 23.0 Å². The normalized spacial score (nSPS) is 13.1. The molecule has 0 amide bonds. The smallest absolute Gasteiger partial charge is 0.135 e. The number of nitrogens with zero attached hydrogens (tertiary/aromatic N) is 8. The van der Waals surface area contributed by atoms with Gasteiger partial charge in [0.05, 0.1) is 0 Å². The predicted molar refractivity (Wildman–Crippen MR) is 563 cm³/mol. The molecule has 21 rings (SSSR count). The summed E-state index contributed by atoms with van der Waals surface area (Å²) in [6.45, 7) is 36.1. The van der Waals surface area contributed by atoms with Gasteiger partial charge in [-0.1, -0.05) is 375 Å². The summed E-state index contributed by atoms with van der Waals surface area (Å²) in [6, 6.07) is 148. The maximum Gasteiger partial charge on any atom is 0.135 e. The van der Waals surface area contributed by atoms with Crippen molar-refractivity contribution in [2.45, 2.75) is 129 Å². The number of benzene rings is 15. The zero-order chi connectivity index (χ0) is 93.8. The molecule has 0 spiro atoms. The summed E-state index contributed by atoms with van der Waals surface area (Å²) < 4.78 is 18.2. The first-order valence-electron chi connectivity index (χ1n) is 47.0. The minimum Gasteiger partial charge on any atom is -0.509 e. The average molecular weight is 2160 g/mol. The first kappa shape index (κ1) is 94.2. The van der Waals surface area contributed by atoms with Crippen LogP contribution in [0.3, 0.4) is 0 Å². The summed E-state index contributed by atoms with van der Waals surface area (Å²) in [7, 11) is 0. The van der Waals surface area contributed by atoms with Crippen LogP contribution in [-0.4, -0.2) is 19.1 Å². The van der Waals surface area contributed by atoms with E-state index in [1.807, 2.05) is 24.5 Å². The molecule has 0 saturated carbocycles. The van der Waals surface area contributed by atoms with Crippen LogP contribution in [0.1, 0.15) is 164 Å². The van der Waals surface area contributed by atoms with E-state index in [1.54, 1.807) is 0 Å². The van der Waals surface area contributed by atoms with Crippen molar-refractivity contribution in [1.29, 1.82) is 0 Å². The fourth-order valence-corrected chi connectivity index (χ4v) is 18.9. The first-order valence-corrected chi connectivity index (χ1v) is 47.0. The molecule has 0 aliphatic carbocycles. The third-order valence-corrected chi connectivity index (χ3v) is 27.4. The van der Waals surface area contributed by atoms with E-state index in [4.69, 9.17) is 19.4 Å². The van der Waals surface area contributed by atoms with Gasteiger partial charge in [0, 0.05) is 133 Å². The number of hydrogen-bond donors (Lipinski definition) is 0. The van der Waals surface area contributed by atoms with Gasteiger partial charge in [0.25, 0.3) is 0 Å². The number of hydrogen-bond acceptors (Lipinski definition) is 8. The Morgan fingerprint density at radius 1 is 0.254 bits per heavy atom. The van der Waals surface area contributed by atoms with E-state index < -0.39 is 0 Å². The summed E-state index contributed by atoms with van der Waals surface area (Å²) >= 11 is 0.